The number of pyridine rings is 3. The van der Waals surface area contributed by atoms with E-state index in [-0.39, 0.29) is 18.4 Å². The minimum Gasteiger partial charge on any atom is -0.484 e. The van der Waals surface area contributed by atoms with Gasteiger partial charge < -0.3 is 19.7 Å². The first-order valence-electron chi connectivity index (χ1n) is 25.1. The molecule has 0 saturated heterocycles. The summed E-state index contributed by atoms with van der Waals surface area (Å²) in [4.78, 5) is 16.3. The summed E-state index contributed by atoms with van der Waals surface area (Å²) in [5, 5.41) is 28.0. The van der Waals surface area contributed by atoms with Crippen molar-refractivity contribution in [2.24, 2.45) is 0 Å². The van der Waals surface area contributed by atoms with Crippen molar-refractivity contribution in [3.8, 4) is 76.3 Å². The van der Waals surface area contributed by atoms with E-state index in [1.54, 1.807) is 92.4 Å². The number of sulfonamides is 1. The van der Waals surface area contributed by atoms with Crippen LogP contribution in [0.5, 0.6) is 11.6 Å². The molecular formula is C61H61Cl3N4O6S4. The monoisotopic (exact) mass is 1180 g/mol. The Labute approximate surface area is 484 Å². The summed E-state index contributed by atoms with van der Waals surface area (Å²) in [6, 6.07) is 33.8. The Morgan fingerprint density at radius 2 is 1.13 bits per heavy atom. The van der Waals surface area contributed by atoms with Gasteiger partial charge in [-0.3, -0.25) is 9.97 Å². The van der Waals surface area contributed by atoms with Crippen LogP contribution >= 0.6 is 68.8 Å². The number of fused-ring (bicyclic) bond motifs is 1. The van der Waals surface area contributed by atoms with Crippen LogP contribution in [-0.2, 0) is 27.6 Å². The molecule has 0 atom stereocenters. The van der Waals surface area contributed by atoms with Gasteiger partial charge in [-0.25, -0.2) is 18.1 Å². The lowest BCUT2D eigenvalue weighted by Gasteiger charge is -2.21. The summed E-state index contributed by atoms with van der Waals surface area (Å²) in [6.45, 7) is 16.3. The van der Waals surface area contributed by atoms with E-state index in [0.717, 1.165) is 103 Å². The molecule has 10 rings (SSSR count). The van der Waals surface area contributed by atoms with Crippen molar-refractivity contribution < 1.29 is 28.1 Å². The molecule has 3 aromatic carbocycles. The molecule has 0 bridgehead atoms. The molecule has 406 valence electrons. The van der Waals surface area contributed by atoms with E-state index in [0.29, 0.717) is 36.1 Å². The van der Waals surface area contributed by atoms with Gasteiger partial charge in [0.25, 0.3) is 5.88 Å². The molecule has 3 N–H and O–H groups in total. The van der Waals surface area contributed by atoms with Crippen molar-refractivity contribution in [2.75, 3.05) is 19.8 Å². The molecule has 10 nitrogen and oxygen atoms in total. The fourth-order valence-electron chi connectivity index (χ4n) is 8.42. The second kappa shape index (κ2) is 25.3. The van der Waals surface area contributed by atoms with Gasteiger partial charge in [-0.2, -0.15) is 0 Å². The highest BCUT2D eigenvalue weighted by molar-refractivity contribution is 7.88. The topological polar surface area (TPSA) is 144 Å². The first-order valence-corrected chi connectivity index (χ1v) is 30.5. The summed E-state index contributed by atoms with van der Waals surface area (Å²) in [5.41, 5.74) is 12.9. The van der Waals surface area contributed by atoms with Crippen molar-refractivity contribution in [3.05, 3.63) is 181 Å². The molecule has 0 aliphatic carbocycles. The smallest absolute Gasteiger partial charge is 0.257 e. The largest absolute Gasteiger partial charge is 0.484 e. The van der Waals surface area contributed by atoms with Crippen LogP contribution in [0.2, 0.25) is 15.1 Å². The van der Waals surface area contributed by atoms with E-state index in [2.05, 4.69) is 78.3 Å². The molecule has 0 fully saturated rings. The summed E-state index contributed by atoms with van der Waals surface area (Å²) < 4.78 is 38.3. The third-order valence-corrected chi connectivity index (χ3v) is 17.7. The summed E-state index contributed by atoms with van der Waals surface area (Å²) >= 11 is 24.2. The van der Waals surface area contributed by atoms with Gasteiger partial charge in [0.1, 0.15) is 13.2 Å². The minimum absolute atomic E-state index is 0.0166. The average Bonchev–Trinajstić information content (AvgIpc) is 4.19. The third kappa shape index (κ3) is 15.2. The fourth-order valence-corrected chi connectivity index (χ4v) is 13.9. The number of aryl methyl sites for hydroxylation is 2. The van der Waals surface area contributed by atoms with Crippen LogP contribution in [0.15, 0.2) is 138 Å². The number of halogens is 3. The van der Waals surface area contributed by atoms with Crippen molar-refractivity contribution in [1.82, 2.24) is 19.7 Å². The van der Waals surface area contributed by atoms with Gasteiger partial charge in [0.05, 0.1) is 18.0 Å². The van der Waals surface area contributed by atoms with Crippen LogP contribution in [0.3, 0.4) is 0 Å². The quantitative estimate of drug-likeness (QED) is 0.0969. The maximum Gasteiger partial charge on any atom is 0.257 e. The van der Waals surface area contributed by atoms with Crippen molar-refractivity contribution in [2.45, 2.75) is 84.6 Å². The molecule has 6 aromatic heterocycles. The number of aromatic nitrogens is 3. The zero-order valence-corrected chi connectivity index (χ0v) is 50.1. The Morgan fingerprint density at radius 1 is 0.615 bits per heavy atom. The molecule has 0 saturated carbocycles. The molecule has 7 heterocycles. The molecule has 78 heavy (non-hydrogen) atoms. The Hall–Kier alpha value is -5.49. The zero-order valence-electron chi connectivity index (χ0n) is 44.5. The SMILES string of the molecule is CC(C)NS(=O)(=O)Cc1ccc(-c2cc(-c3ccnc(C(C)(C)CO)c3)cs2)c(Cl)c1.Cc1ccc(-c2cc(-c3ccnc(CC(C)(C)O)c3)cs2)c(Cl)c1.Cc1ccc(-c2cc(-c3ccnc4c3OCCO4)cs2)c(Cl)c1. The summed E-state index contributed by atoms with van der Waals surface area (Å²) in [5.74, 6) is 1.18. The van der Waals surface area contributed by atoms with Crippen molar-refractivity contribution >= 4 is 78.8 Å². The number of aliphatic hydroxyl groups excluding tert-OH is 1. The molecule has 0 spiro atoms. The van der Waals surface area contributed by atoms with Gasteiger partial charge in [-0.15, -0.1) is 34.0 Å². The average molecular weight is 1180 g/mol. The summed E-state index contributed by atoms with van der Waals surface area (Å²) in [7, 11) is -3.41. The van der Waals surface area contributed by atoms with Crippen molar-refractivity contribution in [1.29, 1.82) is 0 Å². The number of nitrogens with one attached hydrogen (secondary N) is 1. The predicted octanol–water partition coefficient (Wildman–Crippen LogP) is 16.2. The molecule has 1 aliphatic rings. The van der Waals surface area contributed by atoms with Crippen LogP contribution < -0.4 is 14.2 Å². The van der Waals surface area contributed by atoms with E-state index in [9.17, 15) is 18.6 Å². The minimum atomic E-state index is -3.41. The maximum absolute atomic E-state index is 12.2. The number of nitrogens with zero attached hydrogens (tertiary/aromatic N) is 3. The van der Waals surface area contributed by atoms with Crippen LogP contribution in [0.4, 0.5) is 0 Å². The fraction of sp³-hybridized carbons (Fsp3) is 0.262. The van der Waals surface area contributed by atoms with Gasteiger partial charge in [-0.1, -0.05) is 85.0 Å². The number of benzene rings is 3. The molecule has 9 aromatic rings. The first kappa shape index (κ1) is 58.7. The Bertz CT molecular complexity index is 3660. The van der Waals surface area contributed by atoms with E-state index in [4.69, 9.17) is 44.3 Å². The second-order valence-electron chi connectivity index (χ2n) is 20.6. The molecular weight excluding hydrogens is 1120 g/mol. The van der Waals surface area contributed by atoms with Crippen molar-refractivity contribution in [3.63, 3.8) is 0 Å². The molecule has 17 heteroatoms. The van der Waals surface area contributed by atoms with E-state index in [1.807, 2.05) is 76.2 Å². The zero-order chi connectivity index (χ0) is 55.9. The standard InChI is InChI=1S/C23H27ClN2O3S2.C20H20ClNOS.C18H14ClNO2S/c1-15(2)26-31(28,29)13-16-5-6-19(20(24)9-16)21-10-18(12-30-21)17-7-8-25-22(11-17)23(3,4)14-27;1-13-4-5-17(18(21)8-13)19-10-15(12-24-19)14-6-7-22-16(9-14)11-20(2,3)23;1-11-2-3-14(15(19)8-11)16-9-12(10-23-16)13-4-5-20-18-17(13)21-6-7-22-18/h5-12,15,26-27H,13-14H2,1-4H3;4-10,12,23H,11H2,1-3H3;2-5,8-10H,6-7H2,1H3. The van der Waals surface area contributed by atoms with Gasteiger partial charge >= 0.3 is 0 Å². The lowest BCUT2D eigenvalue weighted by molar-refractivity contribution is 0.0799. The number of ether oxygens (including phenoxy) is 2. The van der Waals surface area contributed by atoms with Crippen LogP contribution in [0.1, 0.15) is 69.6 Å². The number of thiophene rings is 3. The molecule has 0 unspecified atom stereocenters. The first-order chi connectivity index (χ1) is 37.0. The van der Waals surface area contributed by atoms with Gasteiger partial charge in [-0.05, 0) is 169 Å². The molecule has 0 radical (unpaired) electrons. The maximum atomic E-state index is 12.2. The highest BCUT2D eigenvalue weighted by atomic mass is 35.5. The number of hydrogen-bond acceptors (Lipinski definition) is 12. The predicted molar refractivity (Wildman–Crippen MR) is 325 cm³/mol. The lowest BCUT2D eigenvalue weighted by Crippen LogP contribution is -2.31. The third-order valence-electron chi connectivity index (χ3n) is 12.3. The van der Waals surface area contributed by atoms with Gasteiger partial charge in [0, 0.05) is 99.8 Å². The Morgan fingerprint density at radius 3 is 1.68 bits per heavy atom. The van der Waals surface area contributed by atoms with Gasteiger partial charge in [0.2, 0.25) is 10.0 Å². The normalized spacial score (nSPS) is 12.4. The molecule has 0 amide bonds. The van der Waals surface area contributed by atoms with Crippen LogP contribution in [0.25, 0.3) is 64.7 Å². The highest BCUT2D eigenvalue weighted by Crippen LogP contribution is 2.43. The Balaban J connectivity index is 0.000000156. The number of rotatable bonds is 14. The summed E-state index contributed by atoms with van der Waals surface area (Å²) in [6.07, 6.45) is 5.83. The number of hydrogen-bond donors (Lipinski definition) is 3. The van der Waals surface area contributed by atoms with Gasteiger partial charge in [0.15, 0.2) is 5.75 Å². The Kier molecular flexibility index (Phi) is 19.0. The second-order valence-corrected chi connectivity index (χ2v) is 26.3. The van der Waals surface area contributed by atoms with E-state index in [1.165, 1.54) is 0 Å². The van der Waals surface area contributed by atoms with E-state index < -0.39 is 21.0 Å². The lowest BCUT2D eigenvalue weighted by atomic mass is 9.88. The van der Waals surface area contributed by atoms with E-state index >= 15 is 0 Å². The number of aliphatic hydroxyl groups is 2. The van der Waals surface area contributed by atoms with Crippen LogP contribution in [0, 0.1) is 13.8 Å². The molecule has 1 aliphatic heterocycles. The highest BCUT2D eigenvalue weighted by Gasteiger charge is 2.23. The van der Waals surface area contributed by atoms with Crippen LogP contribution in [-0.4, -0.2) is 65.0 Å².